The largest absolute Gasteiger partial charge is 0.493 e. The van der Waals surface area contributed by atoms with E-state index < -0.39 is 36.0 Å². The molecule has 2 rings (SSSR count). The van der Waals surface area contributed by atoms with Crippen molar-refractivity contribution < 1.29 is 27.4 Å². The molecule has 0 saturated heterocycles. The van der Waals surface area contributed by atoms with Crippen LogP contribution >= 0.6 is 0 Å². The molecule has 188 valence electrons. The van der Waals surface area contributed by atoms with Crippen LogP contribution in [0.15, 0.2) is 35.3 Å². The third kappa shape index (κ3) is 6.29. The first kappa shape index (κ1) is 27.6. The number of hydrogen-bond donors (Lipinski definition) is 2. The maximum Gasteiger partial charge on any atom is 0.418 e. The summed E-state index contributed by atoms with van der Waals surface area (Å²) in [4.78, 5) is 4.32. The predicted molar refractivity (Wildman–Crippen MR) is 129 cm³/mol. The van der Waals surface area contributed by atoms with Crippen LogP contribution in [0.2, 0.25) is 0 Å². The van der Waals surface area contributed by atoms with Crippen LogP contribution < -0.4 is 10.1 Å². The SMILES string of the molecule is CCC=Nc1cccc(NCC(O)(CC(C)(C)c2cc(F)cc(C)c2OCC)C(F)(F)F)c1C. The quantitative estimate of drug-likeness (QED) is 0.282. The number of anilines is 1. The van der Waals surface area contributed by atoms with Gasteiger partial charge in [0.2, 0.25) is 0 Å². The molecule has 0 amide bonds. The van der Waals surface area contributed by atoms with E-state index in [1.807, 2.05) is 6.92 Å². The number of hydrogen-bond acceptors (Lipinski definition) is 4. The molecule has 0 aliphatic rings. The summed E-state index contributed by atoms with van der Waals surface area (Å²) in [6.07, 6.45) is -3.19. The van der Waals surface area contributed by atoms with Crippen LogP contribution in [0.25, 0.3) is 0 Å². The van der Waals surface area contributed by atoms with E-state index in [2.05, 4.69) is 10.3 Å². The monoisotopic (exact) mass is 482 g/mol. The lowest BCUT2D eigenvalue weighted by Crippen LogP contribution is -2.53. The first-order valence-electron chi connectivity index (χ1n) is 11.3. The minimum Gasteiger partial charge on any atom is -0.493 e. The van der Waals surface area contributed by atoms with Gasteiger partial charge in [0.05, 0.1) is 18.8 Å². The fourth-order valence-electron chi connectivity index (χ4n) is 4.04. The summed E-state index contributed by atoms with van der Waals surface area (Å²) in [7, 11) is 0. The minimum atomic E-state index is -4.93. The molecule has 4 nitrogen and oxygen atoms in total. The summed E-state index contributed by atoms with van der Waals surface area (Å²) in [5.41, 5.74) is -1.82. The van der Waals surface area contributed by atoms with E-state index in [-0.39, 0.29) is 12.2 Å². The molecule has 0 fully saturated rings. The molecule has 0 radical (unpaired) electrons. The van der Waals surface area contributed by atoms with Gasteiger partial charge in [0.25, 0.3) is 0 Å². The van der Waals surface area contributed by atoms with Gasteiger partial charge in [0, 0.05) is 17.5 Å². The van der Waals surface area contributed by atoms with Gasteiger partial charge < -0.3 is 15.2 Å². The Morgan fingerprint density at radius 1 is 1.12 bits per heavy atom. The number of aliphatic imine (C=N–C) groups is 1. The number of alkyl halides is 3. The summed E-state index contributed by atoms with van der Waals surface area (Å²) in [5.74, 6) is -0.235. The van der Waals surface area contributed by atoms with Crippen LogP contribution in [0.3, 0.4) is 0 Å². The van der Waals surface area contributed by atoms with Gasteiger partial charge in [0.1, 0.15) is 11.6 Å². The predicted octanol–water partition coefficient (Wildman–Crippen LogP) is 7.03. The van der Waals surface area contributed by atoms with Gasteiger partial charge in [-0.25, -0.2) is 4.39 Å². The molecular weight excluding hydrogens is 448 g/mol. The van der Waals surface area contributed by atoms with E-state index in [0.29, 0.717) is 28.3 Å². The number of rotatable bonds is 10. The zero-order valence-corrected chi connectivity index (χ0v) is 20.6. The lowest BCUT2D eigenvalue weighted by Gasteiger charge is -2.39. The number of benzene rings is 2. The van der Waals surface area contributed by atoms with Crippen LogP contribution in [0, 0.1) is 19.7 Å². The van der Waals surface area contributed by atoms with Crippen molar-refractivity contribution in [2.75, 3.05) is 18.5 Å². The highest BCUT2D eigenvalue weighted by atomic mass is 19.4. The molecule has 0 heterocycles. The maximum absolute atomic E-state index is 14.2. The van der Waals surface area contributed by atoms with E-state index in [4.69, 9.17) is 4.74 Å². The standard InChI is InChI=1S/C26H34F4N2O2/c1-7-12-31-21-10-9-11-22(18(21)4)32-16-25(33,26(28,29)30)15-24(5,6)20-14-19(27)13-17(3)23(20)34-8-2/h9-14,32-33H,7-8,15-16H2,1-6H3. The Balaban J connectivity index is 2.41. The number of aryl methyl sites for hydroxylation is 1. The average Bonchev–Trinajstić information content (AvgIpc) is 2.72. The second-order valence-electron chi connectivity index (χ2n) is 9.15. The Kier molecular flexibility index (Phi) is 8.75. The van der Waals surface area contributed by atoms with Crippen molar-refractivity contribution in [2.24, 2.45) is 4.99 Å². The Morgan fingerprint density at radius 3 is 2.38 bits per heavy atom. The van der Waals surface area contributed by atoms with Gasteiger partial charge in [-0.05, 0) is 74.4 Å². The van der Waals surface area contributed by atoms with Gasteiger partial charge in [0.15, 0.2) is 5.60 Å². The Bertz CT molecular complexity index is 1020. The molecule has 1 unspecified atom stereocenters. The Morgan fingerprint density at radius 2 is 1.79 bits per heavy atom. The molecule has 1 atom stereocenters. The zero-order valence-electron chi connectivity index (χ0n) is 20.6. The van der Waals surface area contributed by atoms with Crippen molar-refractivity contribution in [3.05, 3.63) is 52.8 Å². The average molecular weight is 483 g/mol. The lowest BCUT2D eigenvalue weighted by molar-refractivity contribution is -0.260. The molecule has 2 aromatic carbocycles. The van der Waals surface area contributed by atoms with Gasteiger partial charge in [-0.2, -0.15) is 13.2 Å². The topological polar surface area (TPSA) is 53.9 Å². The second kappa shape index (κ2) is 10.8. The molecule has 8 heteroatoms. The molecule has 0 aliphatic heterocycles. The maximum atomic E-state index is 14.2. The highest BCUT2D eigenvalue weighted by Gasteiger charge is 2.56. The van der Waals surface area contributed by atoms with Crippen molar-refractivity contribution in [2.45, 2.75) is 71.6 Å². The van der Waals surface area contributed by atoms with Crippen LogP contribution in [-0.2, 0) is 5.41 Å². The molecule has 0 saturated carbocycles. The van der Waals surface area contributed by atoms with E-state index in [1.54, 1.807) is 59.0 Å². The molecule has 0 bridgehead atoms. The van der Waals surface area contributed by atoms with E-state index in [1.165, 1.54) is 12.1 Å². The second-order valence-corrected chi connectivity index (χ2v) is 9.15. The molecule has 0 aliphatic carbocycles. The number of ether oxygens (including phenoxy) is 1. The molecule has 2 aromatic rings. The first-order valence-corrected chi connectivity index (χ1v) is 11.3. The van der Waals surface area contributed by atoms with Gasteiger partial charge in [-0.15, -0.1) is 0 Å². The molecule has 34 heavy (non-hydrogen) atoms. The van der Waals surface area contributed by atoms with E-state index in [0.717, 1.165) is 6.42 Å². The smallest absolute Gasteiger partial charge is 0.418 e. The Hall–Kier alpha value is -2.61. The Labute approximate surface area is 199 Å². The molecule has 2 N–H and O–H groups in total. The summed E-state index contributed by atoms with van der Waals surface area (Å²) in [6.45, 7) is 9.67. The van der Waals surface area contributed by atoms with Gasteiger partial charge in [-0.1, -0.05) is 26.8 Å². The van der Waals surface area contributed by atoms with Crippen LogP contribution in [-0.4, -0.2) is 36.3 Å². The minimum absolute atomic E-state index is 0.275. The van der Waals surface area contributed by atoms with Crippen molar-refractivity contribution in [1.29, 1.82) is 0 Å². The highest BCUT2D eigenvalue weighted by Crippen LogP contribution is 2.45. The number of nitrogens with zero attached hydrogens (tertiary/aromatic N) is 1. The summed E-state index contributed by atoms with van der Waals surface area (Å²) in [6, 6.07) is 7.57. The van der Waals surface area contributed by atoms with E-state index in [9.17, 15) is 22.7 Å². The van der Waals surface area contributed by atoms with E-state index >= 15 is 0 Å². The number of aliphatic hydroxyl groups is 1. The van der Waals surface area contributed by atoms with Crippen molar-refractivity contribution in [3.8, 4) is 5.75 Å². The van der Waals surface area contributed by atoms with Crippen LogP contribution in [0.5, 0.6) is 5.75 Å². The fourth-order valence-corrected chi connectivity index (χ4v) is 4.04. The molecule has 0 spiro atoms. The van der Waals surface area contributed by atoms with Gasteiger partial charge >= 0.3 is 6.18 Å². The van der Waals surface area contributed by atoms with Gasteiger partial charge in [-0.3, -0.25) is 4.99 Å². The van der Waals surface area contributed by atoms with Crippen molar-refractivity contribution in [3.63, 3.8) is 0 Å². The fraction of sp³-hybridized carbons (Fsp3) is 0.500. The van der Waals surface area contributed by atoms with Crippen molar-refractivity contribution >= 4 is 17.6 Å². The summed E-state index contributed by atoms with van der Waals surface area (Å²) in [5, 5.41) is 13.7. The van der Waals surface area contributed by atoms with Crippen LogP contribution in [0.4, 0.5) is 28.9 Å². The molecule has 0 aromatic heterocycles. The number of halogens is 4. The highest BCUT2D eigenvalue weighted by molar-refractivity contribution is 5.69. The normalized spacial score (nSPS) is 14.3. The van der Waals surface area contributed by atoms with Crippen molar-refractivity contribution in [1.82, 2.24) is 0 Å². The molecular formula is C26H34F4N2O2. The summed E-state index contributed by atoms with van der Waals surface area (Å²) >= 11 is 0. The lowest BCUT2D eigenvalue weighted by atomic mass is 9.74. The summed E-state index contributed by atoms with van der Waals surface area (Å²) < 4.78 is 62.4. The third-order valence-corrected chi connectivity index (χ3v) is 5.81. The zero-order chi connectivity index (χ0) is 25.7. The number of nitrogens with one attached hydrogen (secondary N) is 1. The third-order valence-electron chi connectivity index (χ3n) is 5.81. The first-order chi connectivity index (χ1) is 15.8. The van der Waals surface area contributed by atoms with Crippen LogP contribution in [0.1, 0.15) is 57.2 Å².